The standard InChI is InChI=1S/C28H35N3O6/c32-24-8-7-23(25(33)29-24)21-5-6-22-16-31(14-11-20(22)15-21)27(35)18-3-1-17(2-4-18)26(34)30-12-9-19(10-13-30)28(36)37/h5-6,15,17-19,23H,1-4,7-14,16H2,(H,36,37)(H,29,32,33). The molecular formula is C28H35N3O6. The first-order chi connectivity index (χ1) is 17.8. The Balaban J connectivity index is 1.13. The molecule has 3 fully saturated rings. The van der Waals surface area contributed by atoms with E-state index >= 15 is 0 Å². The zero-order chi connectivity index (χ0) is 26.1. The summed E-state index contributed by atoms with van der Waals surface area (Å²) >= 11 is 0. The number of hydrogen-bond acceptors (Lipinski definition) is 5. The first-order valence-electron chi connectivity index (χ1n) is 13.6. The van der Waals surface area contributed by atoms with Crippen LogP contribution in [-0.2, 0) is 36.9 Å². The largest absolute Gasteiger partial charge is 0.481 e. The topological polar surface area (TPSA) is 124 Å². The fourth-order valence-electron chi connectivity index (χ4n) is 6.44. The van der Waals surface area contributed by atoms with Gasteiger partial charge in [0, 0.05) is 44.4 Å². The van der Waals surface area contributed by atoms with Crippen molar-refractivity contribution in [3.63, 3.8) is 0 Å². The summed E-state index contributed by atoms with van der Waals surface area (Å²) < 4.78 is 0. The summed E-state index contributed by atoms with van der Waals surface area (Å²) in [5.41, 5.74) is 3.19. The van der Waals surface area contributed by atoms with Crippen molar-refractivity contribution in [2.24, 2.45) is 17.8 Å². The maximum atomic E-state index is 13.3. The Morgan fingerprint density at radius 3 is 2.03 bits per heavy atom. The molecule has 3 aliphatic heterocycles. The van der Waals surface area contributed by atoms with Gasteiger partial charge >= 0.3 is 5.97 Å². The smallest absolute Gasteiger partial charge is 0.306 e. The van der Waals surface area contributed by atoms with E-state index in [4.69, 9.17) is 0 Å². The number of fused-ring (bicyclic) bond motifs is 1. The predicted molar refractivity (Wildman–Crippen MR) is 133 cm³/mol. The zero-order valence-corrected chi connectivity index (χ0v) is 21.1. The van der Waals surface area contributed by atoms with Crippen LogP contribution in [0, 0.1) is 17.8 Å². The molecule has 5 rings (SSSR count). The molecule has 0 radical (unpaired) electrons. The molecule has 3 heterocycles. The average molecular weight is 510 g/mol. The number of likely N-dealkylation sites (tertiary alicyclic amines) is 1. The highest BCUT2D eigenvalue weighted by Crippen LogP contribution is 2.34. The number of carbonyl (C=O) groups is 5. The van der Waals surface area contributed by atoms with E-state index in [2.05, 4.69) is 11.4 Å². The maximum absolute atomic E-state index is 13.3. The highest BCUT2D eigenvalue weighted by atomic mass is 16.4. The Labute approximate surface area is 216 Å². The van der Waals surface area contributed by atoms with Crippen molar-refractivity contribution in [2.75, 3.05) is 19.6 Å². The van der Waals surface area contributed by atoms with Crippen LogP contribution in [0.15, 0.2) is 18.2 Å². The molecule has 1 atom stereocenters. The summed E-state index contributed by atoms with van der Waals surface area (Å²) in [5.74, 6) is -1.73. The molecule has 0 spiro atoms. The molecule has 9 nitrogen and oxygen atoms in total. The minimum absolute atomic E-state index is 0.0638. The Hall–Kier alpha value is -3.23. The van der Waals surface area contributed by atoms with Crippen molar-refractivity contribution < 1.29 is 29.1 Å². The fourth-order valence-corrected chi connectivity index (χ4v) is 6.44. The second-order valence-corrected chi connectivity index (χ2v) is 11.0. The molecule has 1 saturated carbocycles. The number of nitrogens with one attached hydrogen (secondary N) is 1. The quantitative estimate of drug-likeness (QED) is 0.600. The summed E-state index contributed by atoms with van der Waals surface area (Å²) in [5, 5.41) is 11.6. The predicted octanol–water partition coefficient (Wildman–Crippen LogP) is 2.22. The van der Waals surface area contributed by atoms with E-state index in [0.717, 1.165) is 23.1 Å². The number of amides is 4. The highest BCUT2D eigenvalue weighted by Gasteiger charge is 2.36. The molecule has 1 unspecified atom stereocenters. The van der Waals surface area contributed by atoms with Crippen LogP contribution in [0.4, 0.5) is 0 Å². The minimum Gasteiger partial charge on any atom is -0.481 e. The van der Waals surface area contributed by atoms with E-state index in [-0.39, 0.29) is 47.3 Å². The van der Waals surface area contributed by atoms with Crippen molar-refractivity contribution in [3.05, 3.63) is 34.9 Å². The molecule has 2 saturated heterocycles. The third kappa shape index (κ3) is 5.40. The second-order valence-electron chi connectivity index (χ2n) is 11.0. The first-order valence-corrected chi connectivity index (χ1v) is 13.6. The van der Waals surface area contributed by atoms with E-state index in [0.29, 0.717) is 77.5 Å². The molecule has 1 aromatic rings. The molecule has 1 aliphatic carbocycles. The number of piperidine rings is 2. The van der Waals surface area contributed by atoms with Crippen LogP contribution in [0.3, 0.4) is 0 Å². The third-order valence-electron chi connectivity index (χ3n) is 8.78. The van der Waals surface area contributed by atoms with E-state index in [1.807, 2.05) is 21.9 Å². The molecule has 198 valence electrons. The molecule has 2 N–H and O–H groups in total. The van der Waals surface area contributed by atoms with Gasteiger partial charge in [0.2, 0.25) is 23.6 Å². The van der Waals surface area contributed by atoms with Crippen molar-refractivity contribution in [2.45, 2.75) is 70.3 Å². The summed E-state index contributed by atoms with van der Waals surface area (Å²) in [4.78, 5) is 64.9. The SMILES string of the molecule is O=C1CCC(c2ccc3c(c2)CCN(C(=O)C2CCC(C(=O)N4CCC(C(=O)O)CC4)CC2)C3)C(=O)N1. The second kappa shape index (κ2) is 10.6. The van der Waals surface area contributed by atoms with Gasteiger partial charge in [0.15, 0.2) is 0 Å². The van der Waals surface area contributed by atoms with E-state index in [9.17, 15) is 29.1 Å². The molecular weight excluding hydrogens is 474 g/mol. The molecule has 37 heavy (non-hydrogen) atoms. The summed E-state index contributed by atoms with van der Waals surface area (Å²) in [6.45, 7) is 2.21. The molecule has 4 aliphatic rings. The Morgan fingerprint density at radius 2 is 1.41 bits per heavy atom. The Morgan fingerprint density at radius 1 is 0.757 bits per heavy atom. The highest BCUT2D eigenvalue weighted by molar-refractivity contribution is 6.01. The van der Waals surface area contributed by atoms with Gasteiger partial charge < -0.3 is 14.9 Å². The lowest BCUT2D eigenvalue weighted by Crippen LogP contribution is -2.45. The van der Waals surface area contributed by atoms with Crippen LogP contribution < -0.4 is 5.32 Å². The minimum atomic E-state index is -0.777. The number of hydrogen-bond donors (Lipinski definition) is 2. The summed E-state index contributed by atoms with van der Waals surface area (Å²) in [6.07, 6.45) is 5.47. The number of carboxylic acids is 1. The number of rotatable bonds is 4. The van der Waals surface area contributed by atoms with E-state index in [1.165, 1.54) is 0 Å². The van der Waals surface area contributed by atoms with Crippen LogP contribution in [0.2, 0.25) is 0 Å². The number of carboxylic acid groups (broad SMARTS) is 1. The number of nitrogens with zero attached hydrogens (tertiary/aromatic N) is 2. The Bertz CT molecular complexity index is 1100. The molecule has 4 amide bonds. The summed E-state index contributed by atoms with van der Waals surface area (Å²) in [6, 6.07) is 6.02. The first kappa shape index (κ1) is 25.4. The van der Waals surface area contributed by atoms with Crippen molar-refractivity contribution in [3.8, 4) is 0 Å². The number of imide groups is 1. The zero-order valence-electron chi connectivity index (χ0n) is 21.1. The fraction of sp³-hybridized carbons (Fsp3) is 0.607. The van der Waals surface area contributed by atoms with Gasteiger partial charge in [0.05, 0.1) is 11.8 Å². The van der Waals surface area contributed by atoms with Gasteiger partial charge in [-0.15, -0.1) is 0 Å². The van der Waals surface area contributed by atoms with Crippen molar-refractivity contribution >= 4 is 29.6 Å². The molecule has 1 aromatic carbocycles. The van der Waals surface area contributed by atoms with Gasteiger partial charge in [-0.25, -0.2) is 0 Å². The van der Waals surface area contributed by atoms with Crippen molar-refractivity contribution in [1.82, 2.24) is 15.1 Å². The van der Waals surface area contributed by atoms with Crippen molar-refractivity contribution in [1.29, 1.82) is 0 Å². The maximum Gasteiger partial charge on any atom is 0.306 e. The normalized spacial score (nSPS) is 26.9. The number of aliphatic carboxylic acids is 1. The molecule has 0 aromatic heterocycles. The number of benzene rings is 1. The molecule has 9 heteroatoms. The summed E-state index contributed by atoms with van der Waals surface area (Å²) in [7, 11) is 0. The van der Waals surface area contributed by atoms with Gasteiger partial charge in [-0.2, -0.15) is 0 Å². The lowest BCUT2D eigenvalue weighted by molar-refractivity contribution is -0.147. The van der Waals surface area contributed by atoms with Crippen LogP contribution >= 0.6 is 0 Å². The average Bonchev–Trinajstić information content (AvgIpc) is 2.92. The van der Waals surface area contributed by atoms with Gasteiger partial charge in [-0.05, 0) is 68.1 Å². The van der Waals surface area contributed by atoms with Crippen LogP contribution in [0.25, 0.3) is 0 Å². The van der Waals surface area contributed by atoms with Gasteiger partial charge in [0.1, 0.15) is 0 Å². The van der Waals surface area contributed by atoms with E-state index < -0.39 is 5.97 Å². The lowest BCUT2D eigenvalue weighted by atomic mass is 9.80. The van der Waals surface area contributed by atoms with Gasteiger partial charge in [0.25, 0.3) is 0 Å². The number of carbonyl (C=O) groups excluding carboxylic acids is 4. The molecule has 0 bridgehead atoms. The van der Waals surface area contributed by atoms with E-state index in [1.54, 1.807) is 0 Å². The van der Waals surface area contributed by atoms with Crippen LogP contribution in [-0.4, -0.2) is 64.1 Å². The van der Waals surface area contributed by atoms with Gasteiger partial charge in [-0.1, -0.05) is 18.2 Å². The lowest BCUT2D eigenvalue weighted by Gasteiger charge is -2.37. The third-order valence-corrected chi connectivity index (χ3v) is 8.78. The Kier molecular flexibility index (Phi) is 7.31. The van der Waals surface area contributed by atoms with Crippen LogP contribution in [0.5, 0.6) is 0 Å². The van der Waals surface area contributed by atoms with Gasteiger partial charge in [-0.3, -0.25) is 29.3 Å². The monoisotopic (exact) mass is 509 g/mol. The van der Waals surface area contributed by atoms with Crippen LogP contribution in [0.1, 0.15) is 74.0 Å².